The molecule has 1 fully saturated rings. The van der Waals surface area contributed by atoms with E-state index in [-0.39, 0.29) is 12.2 Å². The van der Waals surface area contributed by atoms with Crippen molar-refractivity contribution in [2.75, 3.05) is 18.8 Å². The first-order chi connectivity index (χ1) is 9.74. The lowest BCUT2D eigenvalue weighted by atomic mass is 10.2. The summed E-state index contributed by atoms with van der Waals surface area (Å²) in [7, 11) is 0. The van der Waals surface area contributed by atoms with E-state index in [0.717, 1.165) is 0 Å². The van der Waals surface area contributed by atoms with Crippen LogP contribution in [0.5, 0.6) is 5.75 Å². The summed E-state index contributed by atoms with van der Waals surface area (Å²) in [6.07, 6.45) is 0.0947. The number of carbonyl (C=O) groups is 1. The summed E-state index contributed by atoms with van der Waals surface area (Å²) >= 11 is 0. The van der Waals surface area contributed by atoms with E-state index in [0.29, 0.717) is 30.9 Å². The molecular formula is C15H21FN2O3. The van der Waals surface area contributed by atoms with Crippen molar-refractivity contribution in [1.29, 1.82) is 0 Å². The molecule has 1 amide bonds. The van der Waals surface area contributed by atoms with E-state index < -0.39 is 11.4 Å². The van der Waals surface area contributed by atoms with Crippen LogP contribution in [-0.2, 0) is 4.74 Å². The maximum atomic E-state index is 13.2. The molecule has 116 valence electrons. The van der Waals surface area contributed by atoms with Crippen LogP contribution in [0.25, 0.3) is 0 Å². The Balaban J connectivity index is 1.93. The van der Waals surface area contributed by atoms with Crippen molar-refractivity contribution < 1.29 is 18.7 Å². The molecule has 21 heavy (non-hydrogen) atoms. The van der Waals surface area contributed by atoms with E-state index in [2.05, 4.69) is 0 Å². The zero-order valence-electron chi connectivity index (χ0n) is 12.6. The van der Waals surface area contributed by atoms with E-state index in [1.54, 1.807) is 4.90 Å². The fourth-order valence-corrected chi connectivity index (χ4v) is 2.11. The fourth-order valence-electron chi connectivity index (χ4n) is 2.11. The summed E-state index contributed by atoms with van der Waals surface area (Å²) in [5.74, 6) is -0.0905. The first kappa shape index (κ1) is 15.4. The molecule has 0 unspecified atom stereocenters. The fraction of sp³-hybridized carbons (Fsp3) is 0.533. The minimum absolute atomic E-state index is 0.207. The molecule has 1 aromatic rings. The second kappa shape index (κ2) is 5.79. The molecule has 1 saturated heterocycles. The molecule has 0 bridgehead atoms. The number of hydrogen-bond donors (Lipinski definition) is 1. The van der Waals surface area contributed by atoms with Gasteiger partial charge in [0.05, 0.1) is 12.2 Å². The van der Waals surface area contributed by atoms with Crippen LogP contribution in [0, 0.1) is 5.82 Å². The predicted octanol–water partition coefficient (Wildman–Crippen LogP) is 2.80. The summed E-state index contributed by atoms with van der Waals surface area (Å²) in [5.41, 5.74) is 5.61. The number of hydrogen-bond acceptors (Lipinski definition) is 4. The molecule has 5 nitrogen and oxygen atoms in total. The average Bonchev–Trinajstić information content (AvgIpc) is 2.80. The van der Waals surface area contributed by atoms with Crippen molar-refractivity contribution in [2.45, 2.75) is 38.9 Å². The summed E-state index contributed by atoms with van der Waals surface area (Å²) in [4.78, 5) is 13.5. The number of rotatable bonds is 2. The molecule has 1 aliphatic rings. The van der Waals surface area contributed by atoms with Gasteiger partial charge in [0.2, 0.25) is 0 Å². The molecule has 1 aliphatic heterocycles. The Hall–Kier alpha value is -1.98. The van der Waals surface area contributed by atoms with Crippen molar-refractivity contribution >= 4 is 11.8 Å². The van der Waals surface area contributed by atoms with Gasteiger partial charge < -0.3 is 20.1 Å². The molecule has 0 saturated carbocycles. The molecule has 6 heteroatoms. The van der Waals surface area contributed by atoms with E-state index in [1.165, 1.54) is 18.2 Å². The highest BCUT2D eigenvalue weighted by molar-refractivity contribution is 5.68. The van der Waals surface area contributed by atoms with Crippen LogP contribution in [-0.4, -0.2) is 35.8 Å². The molecule has 2 N–H and O–H groups in total. The smallest absolute Gasteiger partial charge is 0.410 e. The van der Waals surface area contributed by atoms with Crippen LogP contribution in [0.4, 0.5) is 14.9 Å². The van der Waals surface area contributed by atoms with Crippen molar-refractivity contribution in [3.05, 3.63) is 24.0 Å². The Morgan fingerprint density at radius 2 is 2.14 bits per heavy atom. The number of ether oxygens (including phenoxy) is 2. The quantitative estimate of drug-likeness (QED) is 0.852. The van der Waals surface area contributed by atoms with Crippen LogP contribution in [0.2, 0.25) is 0 Å². The highest BCUT2D eigenvalue weighted by Gasteiger charge is 2.31. The van der Waals surface area contributed by atoms with Crippen LogP contribution in [0.15, 0.2) is 18.2 Å². The van der Waals surface area contributed by atoms with Gasteiger partial charge in [0.1, 0.15) is 23.3 Å². The van der Waals surface area contributed by atoms with Gasteiger partial charge in [0, 0.05) is 19.0 Å². The number of nitrogens with two attached hydrogens (primary N) is 1. The number of carbonyl (C=O) groups excluding carboxylic acids is 1. The van der Waals surface area contributed by atoms with Gasteiger partial charge in [0.25, 0.3) is 0 Å². The number of benzene rings is 1. The SMILES string of the molecule is CC(C)(C)OC(=O)N1CC[C@@H](Oc2cc(F)ccc2N)C1. The standard InChI is InChI=1S/C15H21FN2O3/c1-15(2,3)21-14(19)18-7-6-11(9-18)20-13-8-10(16)4-5-12(13)17/h4-5,8,11H,6-7,9,17H2,1-3H3/t11-/m1/s1. The molecule has 1 aromatic carbocycles. The molecule has 1 heterocycles. The predicted molar refractivity (Wildman–Crippen MR) is 77.7 cm³/mol. The second-order valence-electron chi connectivity index (χ2n) is 6.14. The van der Waals surface area contributed by atoms with Gasteiger partial charge in [-0.25, -0.2) is 9.18 Å². The topological polar surface area (TPSA) is 64.8 Å². The number of anilines is 1. The highest BCUT2D eigenvalue weighted by Crippen LogP contribution is 2.26. The van der Waals surface area contributed by atoms with Crippen molar-refractivity contribution in [3.8, 4) is 5.75 Å². The number of likely N-dealkylation sites (tertiary alicyclic amines) is 1. The number of nitrogen functional groups attached to an aromatic ring is 1. The van der Waals surface area contributed by atoms with Gasteiger partial charge in [-0.2, -0.15) is 0 Å². The molecule has 0 aromatic heterocycles. The maximum absolute atomic E-state index is 13.2. The third-order valence-electron chi connectivity index (χ3n) is 3.07. The Morgan fingerprint density at radius 3 is 2.81 bits per heavy atom. The zero-order valence-corrected chi connectivity index (χ0v) is 12.6. The van der Waals surface area contributed by atoms with Crippen molar-refractivity contribution in [2.24, 2.45) is 0 Å². The normalized spacial score (nSPS) is 18.7. The van der Waals surface area contributed by atoms with Crippen LogP contribution in [0.3, 0.4) is 0 Å². The summed E-state index contributed by atoms with van der Waals surface area (Å²) in [5, 5.41) is 0. The first-order valence-corrected chi connectivity index (χ1v) is 6.94. The van der Waals surface area contributed by atoms with Crippen LogP contribution < -0.4 is 10.5 Å². The molecule has 0 aliphatic carbocycles. The lowest BCUT2D eigenvalue weighted by Gasteiger charge is -2.24. The third kappa shape index (κ3) is 4.24. The van der Waals surface area contributed by atoms with E-state index in [4.69, 9.17) is 15.2 Å². The second-order valence-corrected chi connectivity index (χ2v) is 6.14. The molecule has 0 spiro atoms. The van der Waals surface area contributed by atoms with Crippen molar-refractivity contribution in [1.82, 2.24) is 4.90 Å². The largest absolute Gasteiger partial charge is 0.486 e. The van der Waals surface area contributed by atoms with Crippen LogP contribution in [0.1, 0.15) is 27.2 Å². The number of nitrogens with zero attached hydrogens (tertiary/aromatic N) is 1. The van der Waals surface area contributed by atoms with E-state index >= 15 is 0 Å². The molecule has 2 rings (SSSR count). The first-order valence-electron chi connectivity index (χ1n) is 6.94. The summed E-state index contributed by atoms with van der Waals surface area (Å²) < 4.78 is 24.2. The van der Waals surface area contributed by atoms with E-state index in [9.17, 15) is 9.18 Å². The highest BCUT2D eigenvalue weighted by atomic mass is 19.1. The summed E-state index contributed by atoms with van der Waals surface area (Å²) in [6.45, 7) is 6.42. The molecule has 0 radical (unpaired) electrons. The minimum Gasteiger partial charge on any atom is -0.486 e. The van der Waals surface area contributed by atoms with Gasteiger partial charge in [-0.3, -0.25) is 0 Å². The number of amides is 1. The Bertz CT molecular complexity index is 528. The average molecular weight is 296 g/mol. The molecular weight excluding hydrogens is 275 g/mol. The van der Waals surface area contributed by atoms with Crippen LogP contribution >= 0.6 is 0 Å². The van der Waals surface area contributed by atoms with Gasteiger partial charge in [-0.05, 0) is 32.9 Å². The zero-order chi connectivity index (χ0) is 15.6. The lowest BCUT2D eigenvalue weighted by molar-refractivity contribution is 0.0276. The molecule has 1 atom stereocenters. The Labute approximate surface area is 123 Å². The van der Waals surface area contributed by atoms with Gasteiger partial charge >= 0.3 is 6.09 Å². The van der Waals surface area contributed by atoms with Gasteiger partial charge in [-0.15, -0.1) is 0 Å². The Kier molecular flexibility index (Phi) is 4.25. The minimum atomic E-state index is -0.525. The van der Waals surface area contributed by atoms with Gasteiger partial charge in [0.15, 0.2) is 0 Å². The Morgan fingerprint density at radius 1 is 1.43 bits per heavy atom. The third-order valence-corrected chi connectivity index (χ3v) is 3.07. The maximum Gasteiger partial charge on any atom is 0.410 e. The van der Waals surface area contributed by atoms with E-state index in [1.807, 2.05) is 20.8 Å². The summed E-state index contributed by atoms with van der Waals surface area (Å²) in [6, 6.07) is 4.00. The number of halogens is 1. The van der Waals surface area contributed by atoms with Crippen molar-refractivity contribution in [3.63, 3.8) is 0 Å². The van der Waals surface area contributed by atoms with Gasteiger partial charge in [-0.1, -0.05) is 0 Å². The monoisotopic (exact) mass is 296 g/mol. The lowest BCUT2D eigenvalue weighted by Crippen LogP contribution is -2.36.